The molecule has 1 aliphatic carbocycles. The normalized spacial score (nSPS) is 23.1. The molecule has 4 heteroatoms. The first-order chi connectivity index (χ1) is 6.59. The highest BCUT2D eigenvalue weighted by atomic mass is 16.2. The number of aromatic nitrogens is 2. The number of hydrogen-bond acceptors (Lipinski definition) is 2. The summed E-state index contributed by atoms with van der Waals surface area (Å²) in [7, 11) is 0. The van der Waals surface area contributed by atoms with Gasteiger partial charge in [0.1, 0.15) is 5.82 Å². The Hall–Kier alpha value is -1.32. The zero-order valence-electron chi connectivity index (χ0n) is 8.50. The maximum Gasteiger partial charge on any atom is 0.224 e. The van der Waals surface area contributed by atoms with E-state index in [4.69, 9.17) is 0 Å². The molecule has 1 aromatic rings. The van der Waals surface area contributed by atoms with Gasteiger partial charge in [0.2, 0.25) is 5.91 Å². The van der Waals surface area contributed by atoms with Gasteiger partial charge in [-0.2, -0.15) is 0 Å². The second kappa shape index (κ2) is 3.12. The number of nitrogens with zero attached hydrogens (tertiary/aromatic N) is 1. The molecule has 1 aliphatic rings. The smallest absolute Gasteiger partial charge is 0.224 e. The van der Waals surface area contributed by atoms with E-state index in [0.29, 0.717) is 6.54 Å². The number of nitrogens with one attached hydrogen (secondary N) is 2. The van der Waals surface area contributed by atoms with Crippen molar-refractivity contribution < 1.29 is 4.79 Å². The molecule has 1 amide bonds. The Morgan fingerprint density at radius 3 is 3.00 bits per heavy atom. The van der Waals surface area contributed by atoms with Crippen LogP contribution < -0.4 is 5.32 Å². The van der Waals surface area contributed by atoms with E-state index in [1.807, 2.05) is 0 Å². The molecule has 1 atom stereocenters. The number of rotatable bonds is 3. The Balaban J connectivity index is 1.80. The van der Waals surface area contributed by atoms with Crippen molar-refractivity contribution in [2.24, 2.45) is 11.3 Å². The van der Waals surface area contributed by atoms with E-state index >= 15 is 0 Å². The van der Waals surface area contributed by atoms with E-state index in [1.54, 1.807) is 12.4 Å². The molecule has 1 saturated carbocycles. The highest BCUT2D eigenvalue weighted by Crippen LogP contribution is 2.51. The van der Waals surface area contributed by atoms with Crippen molar-refractivity contribution in [2.75, 3.05) is 0 Å². The van der Waals surface area contributed by atoms with Gasteiger partial charge in [0, 0.05) is 18.3 Å². The van der Waals surface area contributed by atoms with E-state index < -0.39 is 0 Å². The lowest BCUT2D eigenvalue weighted by atomic mass is 10.1. The highest BCUT2D eigenvalue weighted by Gasteiger charge is 2.50. The molecule has 14 heavy (non-hydrogen) atoms. The number of H-pyrrole nitrogens is 1. The summed E-state index contributed by atoms with van der Waals surface area (Å²) < 4.78 is 0. The van der Waals surface area contributed by atoms with Crippen LogP contribution in [0, 0.1) is 11.3 Å². The lowest BCUT2D eigenvalue weighted by Crippen LogP contribution is -2.26. The van der Waals surface area contributed by atoms with Crippen LogP contribution in [0.15, 0.2) is 12.4 Å². The first-order valence-corrected chi connectivity index (χ1v) is 4.85. The SMILES string of the molecule is CC1(C)CC1C(=O)NCc1ncc[nH]1. The maximum absolute atomic E-state index is 11.6. The number of amides is 1. The summed E-state index contributed by atoms with van der Waals surface area (Å²) in [6.45, 7) is 4.73. The van der Waals surface area contributed by atoms with E-state index in [2.05, 4.69) is 29.1 Å². The molecule has 1 unspecified atom stereocenters. The molecule has 0 aliphatic heterocycles. The lowest BCUT2D eigenvalue weighted by Gasteiger charge is -2.04. The third-order valence-electron chi connectivity index (χ3n) is 2.81. The largest absolute Gasteiger partial charge is 0.349 e. The summed E-state index contributed by atoms with van der Waals surface area (Å²) in [6, 6.07) is 0. The number of carbonyl (C=O) groups is 1. The van der Waals surface area contributed by atoms with Crippen molar-refractivity contribution in [3.63, 3.8) is 0 Å². The van der Waals surface area contributed by atoms with Crippen LogP contribution in [-0.4, -0.2) is 15.9 Å². The van der Waals surface area contributed by atoms with Crippen LogP contribution in [0.2, 0.25) is 0 Å². The third kappa shape index (κ3) is 1.78. The van der Waals surface area contributed by atoms with Gasteiger partial charge in [-0.3, -0.25) is 4.79 Å². The standard InChI is InChI=1S/C10H15N3O/c1-10(2)5-7(10)9(14)13-6-8-11-3-4-12-8/h3-4,7H,5-6H2,1-2H3,(H,11,12)(H,13,14). The Morgan fingerprint density at radius 1 is 1.79 bits per heavy atom. The van der Waals surface area contributed by atoms with E-state index in [1.165, 1.54) is 0 Å². The molecule has 4 nitrogen and oxygen atoms in total. The van der Waals surface area contributed by atoms with Crippen molar-refractivity contribution in [3.8, 4) is 0 Å². The van der Waals surface area contributed by atoms with Gasteiger partial charge >= 0.3 is 0 Å². The molecule has 2 N–H and O–H groups in total. The Labute approximate surface area is 83.1 Å². The second-order valence-electron chi connectivity index (χ2n) is 4.50. The van der Waals surface area contributed by atoms with Crippen LogP contribution in [-0.2, 0) is 11.3 Å². The van der Waals surface area contributed by atoms with Crippen molar-refractivity contribution >= 4 is 5.91 Å². The van der Waals surface area contributed by atoms with Crippen LogP contribution in [0.5, 0.6) is 0 Å². The molecule has 0 radical (unpaired) electrons. The van der Waals surface area contributed by atoms with Crippen molar-refractivity contribution in [1.29, 1.82) is 0 Å². The maximum atomic E-state index is 11.6. The van der Waals surface area contributed by atoms with E-state index in [0.717, 1.165) is 12.2 Å². The average molecular weight is 193 g/mol. The quantitative estimate of drug-likeness (QED) is 0.754. The molecule has 0 aromatic carbocycles. The summed E-state index contributed by atoms with van der Waals surface area (Å²) in [6.07, 6.45) is 4.43. The van der Waals surface area contributed by atoms with Gasteiger partial charge in [0.15, 0.2) is 0 Å². The molecule has 2 rings (SSSR count). The molecular formula is C10H15N3O. The van der Waals surface area contributed by atoms with Crippen molar-refractivity contribution in [3.05, 3.63) is 18.2 Å². The van der Waals surface area contributed by atoms with Gasteiger partial charge < -0.3 is 10.3 Å². The van der Waals surface area contributed by atoms with Crippen LogP contribution in [0.1, 0.15) is 26.1 Å². The van der Waals surface area contributed by atoms with Crippen LogP contribution >= 0.6 is 0 Å². The van der Waals surface area contributed by atoms with E-state index in [-0.39, 0.29) is 17.2 Å². The van der Waals surface area contributed by atoms with Crippen LogP contribution in [0.4, 0.5) is 0 Å². The predicted molar refractivity (Wildman–Crippen MR) is 52.3 cm³/mol. The Morgan fingerprint density at radius 2 is 2.50 bits per heavy atom. The van der Waals surface area contributed by atoms with Crippen LogP contribution in [0.25, 0.3) is 0 Å². The summed E-state index contributed by atoms with van der Waals surface area (Å²) in [5.74, 6) is 1.14. The molecule has 1 heterocycles. The lowest BCUT2D eigenvalue weighted by molar-refractivity contribution is -0.123. The van der Waals surface area contributed by atoms with Crippen molar-refractivity contribution in [2.45, 2.75) is 26.8 Å². The number of carbonyl (C=O) groups excluding carboxylic acids is 1. The molecule has 0 spiro atoms. The molecule has 1 fully saturated rings. The van der Waals surface area contributed by atoms with Gasteiger partial charge in [-0.05, 0) is 11.8 Å². The first-order valence-electron chi connectivity index (χ1n) is 4.85. The average Bonchev–Trinajstić information content (AvgIpc) is 2.61. The number of imidazole rings is 1. The van der Waals surface area contributed by atoms with E-state index in [9.17, 15) is 4.79 Å². The summed E-state index contributed by atoms with van der Waals surface area (Å²) in [5.41, 5.74) is 0.202. The minimum atomic E-state index is 0.145. The molecule has 0 bridgehead atoms. The number of aromatic amines is 1. The van der Waals surface area contributed by atoms with Gasteiger partial charge in [-0.25, -0.2) is 4.98 Å². The Bertz CT molecular complexity index is 329. The zero-order chi connectivity index (χ0) is 10.2. The molecule has 1 aromatic heterocycles. The Kier molecular flexibility index (Phi) is 2.06. The minimum absolute atomic E-state index is 0.145. The fourth-order valence-electron chi connectivity index (χ4n) is 1.60. The van der Waals surface area contributed by atoms with Gasteiger partial charge in [0.25, 0.3) is 0 Å². The van der Waals surface area contributed by atoms with Gasteiger partial charge in [-0.15, -0.1) is 0 Å². The predicted octanol–water partition coefficient (Wildman–Crippen LogP) is 1.07. The zero-order valence-corrected chi connectivity index (χ0v) is 8.50. The van der Waals surface area contributed by atoms with Crippen LogP contribution in [0.3, 0.4) is 0 Å². The molecule has 76 valence electrons. The second-order valence-corrected chi connectivity index (χ2v) is 4.50. The van der Waals surface area contributed by atoms with Gasteiger partial charge in [0.05, 0.1) is 6.54 Å². The highest BCUT2D eigenvalue weighted by molar-refractivity contribution is 5.82. The monoisotopic (exact) mass is 193 g/mol. The third-order valence-corrected chi connectivity index (χ3v) is 2.81. The fraction of sp³-hybridized carbons (Fsp3) is 0.600. The van der Waals surface area contributed by atoms with Crippen molar-refractivity contribution in [1.82, 2.24) is 15.3 Å². The summed E-state index contributed by atoms with van der Waals surface area (Å²) >= 11 is 0. The minimum Gasteiger partial charge on any atom is -0.349 e. The topological polar surface area (TPSA) is 57.8 Å². The number of hydrogen-bond donors (Lipinski definition) is 2. The fourth-order valence-corrected chi connectivity index (χ4v) is 1.60. The van der Waals surface area contributed by atoms with Gasteiger partial charge in [-0.1, -0.05) is 13.8 Å². The summed E-state index contributed by atoms with van der Waals surface area (Å²) in [4.78, 5) is 18.5. The molecular weight excluding hydrogens is 178 g/mol. The summed E-state index contributed by atoms with van der Waals surface area (Å²) in [5, 5.41) is 2.87. The first kappa shape index (κ1) is 9.24. The molecule has 0 saturated heterocycles.